The highest BCUT2D eigenvalue weighted by Crippen LogP contribution is 2.41. The van der Waals surface area contributed by atoms with Gasteiger partial charge in [-0.15, -0.1) is 0 Å². The number of hydrogen-bond acceptors (Lipinski definition) is 2. The minimum Gasteiger partial charge on any atom is -0.329 e. The highest BCUT2D eigenvalue weighted by atomic mass is 127. The van der Waals surface area contributed by atoms with Gasteiger partial charge in [0.25, 0.3) is 5.56 Å². The van der Waals surface area contributed by atoms with Crippen LogP contribution in [0.1, 0.15) is 36.0 Å². The van der Waals surface area contributed by atoms with Gasteiger partial charge in [-0.05, 0) is 48.3 Å². The van der Waals surface area contributed by atoms with E-state index in [1.165, 1.54) is 25.3 Å². The lowest BCUT2D eigenvalue weighted by atomic mass is 9.68. The van der Waals surface area contributed by atoms with Gasteiger partial charge in [-0.2, -0.15) is 0 Å². The number of H-pyrrole nitrogens is 1. The Labute approximate surface area is 179 Å². The summed E-state index contributed by atoms with van der Waals surface area (Å²) in [5.41, 5.74) is 2.73. The third-order valence-electron chi connectivity index (χ3n) is 6.22. The monoisotopic (exact) mass is 492 g/mol. The van der Waals surface area contributed by atoms with Crippen LogP contribution in [0.3, 0.4) is 0 Å². The molecule has 0 spiro atoms. The van der Waals surface area contributed by atoms with Crippen LogP contribution >= 0.6 is 22.6 Å². The molecule has 4 rings (SSSR count). The molecule has 28 heavy (non-hydrogen) atoms. The molecule has 5 heteroatoms. The number of rotatable bonds is 5. The van der Waals surface area contributed by atoms with E-state index >= 15 is 0 Å². The topological polar surface area (TPSA) is 36.1 Å². The van der Waals surface area contributed by atoms with E-state index in [0.29, 0.717) is 23.3 Å². The van der Waals surface area contributed by atoms with Crippen LogP contribution in [-0.4, -0.2) is 23.0 Å². The number of aromatic nitrogens is 1. The Kier molecular flexibility index (Phi) is 6.31. The first-order chi connectivity index (χ1) is 13.6. The second-order valence-electron chi connectivity index (χ2n) is 8.10. The number of benzene rings is 1. The first-order valence-electron chi connectivity index (χ1n) is 10.1. The number of likely N-dealkylation sites (tertiary alicyclic amines) is 1. The zero-order chi connectivity index (χ0) is 19.5. The molecule has 0 amide bonds. The summed E-state index contributed by atoms with van der Waals surface area (Å²) in [6, 6.07) is 9.02. The Morgan fingerprint density at radius 3 is 2.68 bits per heavy atom. The molecule has 1 aliphatic heterocycles. The Bertz CT molecular complexity index is 895. The van der Waals surface area contributed by atoms with E-state index in [0.717, 1.165) is 35.2 Å². The average Bonchev–Trinajstić information content (AvgIpc) is 2.69. The van der Waals surface area contributed by atoms with Crippen LogP contribution in [0.25, 0.3) is 6.08 Å². The van der Waals surface area contributed by atoms with Crippen molar-refractivity contribution in [3.8, 4) is 0 Å². The number of fused-ring (bicyclic) bond motifs is 2. The summed E-state index contributed by atoms with van der Waals surface area (Å²) in [7, 11) is 0. The highest BCUT2D eigenvalue weighted by molar-refractivity contribution is 14.1. The average molecular weight is 492 g/mol. The van der Waals surface area contributed by atoms with Crippen LogP contribution < -0.4 is 5.56 Å². The number of alkyl halides is 1. The van der Waals surface area contributed by atoms with Crippen molar-refractivity contribution in [1.82, 2.24) is 9.88 Å². The van der Waals surface area contributed by atoms with E-state index in [-0.39, 0.29) is 11.4 Å². The lowest BCUT2D eigenvalue weighted by Gasteiger charge is -2.46. The third-order valence-corrected chi connectivity index (χ3v) is 7.10. The number of allylic oxidation sites excluding steroid dienone is 1. The summed E-state index contributed by atoms with van der Waals surface area (Å²) in [5, 5.41) is 0. The Morgan fingerprint density at radius 1 is 1.21 bits per heavy atom. The van der Waals surface area contributed by atoms with Crippen molar-refractivity contribution < 1.29 is 4.39 Å². The first-order valence-corrected chi connectivity index (χ1v) is 11.6. The second-order valence-corrected chi connectivity index (χ2v) is 8.86. The molecule has 2 atom stereocenters. The zero-order valence-electron chi connectivity index (χ0n) is 15.9. The van der Waals surface area contributed by atoms with Gasteiger partial charge in [-0.25, -0.2) is 4.39 Å². The largest absolute Gasteiger partial charge is 0.329 e. The van der Waals surface area contributed by atoms with Crippen molar-refractivity contribution in [2.45, 2.75) is 30.2 Å². The second kappa shape index (κ2) is 8.91. The third kappa shape index (κ3) is 4.40. The summed E-state index contributed by atoms with van der Waals surface area (Å²) >= 11 is 2.32. The summed E-state index contributed by atoms with van der Waals surface area (Å²) in [5.74, 6) is 1.52. The van der Waals surface area contributed by atoms with Crippen molar-refractivity contribution in [3.05, 3.63) is 75.5 Å². The highest BCUT2D eigenvalue weighted by Gasteiger charge is 2.38. The van der Waals surface area contributed by atoms with Crippen LogP contribution in [0, 0.1) is 23.6 Å². The Balaban J connectivity index is 1.48. The summed E-state index contributed by atoms with van der Waals surface area (Å²) < 4.78 is 14.8. The van der Waals surface area contributed by atoms with Crippen molar-refractivity contribution in [2.75, 3.05) is 13.1 Å². The van der Waals surface area contributed by atoms with E-state index < -0.39 is 0 Å². The molecule has 1 aromatic heterocycles. The Morgan fingerprint density at radius 2 is 1.96 bits per heavy atom. The Hall–Kier alpha value is -1.47. The fourth-order valence-corrected chi connectivity index (χ4v) is 5.30. The maximum absolute atomic E-state index is 13.9. The predicted octanol–water partition coefficient (Wildman–Crippen LogP) is 5.01. The molecule has 2 fully saturated rings. The molecule has 2 unspecified atom stereocenters. The van der Waals surface area contributed by atoms with Crippen LogP contribution in [0.4, 0.5) is 4.39 Å². The molecule has 1 aromatic carbocycles. The van der Waals surface area contributed by atoms with Crippen molar-refractivity contribution in [3.63, 3.8) is 0 Å². The van der Waals surface area contributed by atoms with Crippen molar-refractivity contribution in [1.29, 1.82) is 0 Å². The number of hydrogen-bond donors (Lipinski definition) is 1. The number of aromatic amines is 1. The maximum atomic E-state index is 13.9. The molecule has 2 bridgehead atoms. The van der Waals surface area contributed by atoms with E-state index in [1.807, 2.05) is 30.5 Å². The van der Waals surface area contributed by atoms with Gasteiger partial charge in [-0.3, -0.25) is 9.69 Å². The van der Waals surface area contributed by atoms with E-state index in [9.17, 15) is 9.18 Å². The van der Waals surface area contributed by atoms with Gasteiger partial charge in [0.2, 0.25) is 0 Å². The fourth-order valence-electron chi connectivity index (χ4n) is 4.86. The van der Waals surface area contributed by atoms with Crippen LogP contribution in [0.2, 0.25) is 0 Å². The van der Waals surface area contributed by atoms with E-state index in [1.54, 1.807) is 6.07 Å². The lowest BCUT2D eigenvalue weighted by Crippen LogP contribution is -2.48. The molecule has 0 radical (unpaired) electrons. The first kappa shape index (κ1) is 19.8. The van der Waals surface area contributed by atoms with Crippen LogP contribution in [0.15, 0.2) is 47.4 Å². The summed E-state index contributed by atoms with van der Waals surface area (Å²) in [6.07, 6.45) is 9.72. The van der Waals surface area contributed by atoms with Crippen molar-refractivity contribution >= 4 is 28.7 Å². The summed E-state index contributed by atoms with van der Waals surface area (Å²) in [4.78, 5) is 17.6. The molecule has 2 heterocycles. The molecule has 1 N–H and O–H groups in total. The minimum absolute atomic E-state index is 0.0281. The predicted molar refractivity (Wildman–Crippen MR) is 120 cm³/mol. The number of nitrogens with zero attached hydrogens (tertiary/aromatic N) is 1. The van der Waals surface area contributed by atoms with Crippen molar-refractivity contribution in [2.24, 2.45) is 17.8 Å². The van der Waals surface area contributed by atoms with Gasteiger partial charge < -0.3 is 4.98 Å². The van der Waals surface area contributed by atoms with Crippen LogP contribution in [-0.2, 0) is 11.0 Å². The number of pyridine rings is 1. The fraction of sp³-hybridized carbons (Fsp3) is 0.435. The normalized spacial score (nSPS) is 25.3. The minimum atomic E-state index is -0.157. The molecule has 3 nitrogen and oxygen atoms in total. The number of halogens is 2. The van der Waals surface area contributed by atoms with Gasteiger partial charge in [0, 0.05) is 41.4 Å². The summed E-state index contributed by atoms with van der Waals surface area (Å²) in [6.45, 7) is 2.74. The molecular formula is C23H26FIN2O. The SMILES string of the molecule is O=c1[nH]cc(CI)cc1CN1CC2CCCC(C1)C2/C=C/c1ccccc1F. The van der Waals surface area contributed by atoms with Gasteiger partial charge >= 0.3 is 0 Å². The van der Waals surface area contributed by atoms with E-state index in [2.05, 4.69) is 38.6 Å². The molecule has 2 aromatic rings. The smallest absolute Gasteiger partial charge is 0.252 e. The molecule has 1 aliphatic carbocycles. The molecule has 148 valence electrons. The van der Waals surface area contributed by atoms with Gasteiger partial charge in [0.05, 0.1) is 0 Å². The molecular weight excluding hydrogens is 466 g/mol. The molecule has 2 aliphatic rings. The number of piperidine rings is 1. The maximum Gasteiger partial charge on any atom is 0.252 e. The van der Waals surface area contributed by atoms with Crippen LogP contribution in [0.5, 0.6) is 0 Å². The van der Waals surface area contributed by atoms with Gasteiger partial charge in [-0.1, -0.05) is 59.4 Å². The number of nitrogens with one attached hydrogen (secondary N) is 1. The van der Waals surface area contributed by atoms with E-state index in [4.69, 9.17) is 0 Å². The molecule has 1 saturated heterocycles. The van der Waals surface area contributed by atoms with Gasteiger partial charge in [0.1, 0.15) is 5.82 Å². The lowest BCUT2D eigenvalue weighted by molar-refractivity contribution is 0.0419. The quantitative estimate of drug-likeness (QED) is 0.471. The van der Waals surface area contributed by atoms with Gasteiger partial charge in [0.15, 0.2) is 0 Å². The standard InChI is InChI=1S/C23H26FIN2O/c24-22-7-2-1-4-17(22)8-9-21-18-5-3-6-19(21)14-27(13-18)15-20-10-16(11-25)12-26-23(20)28/h1-2,4,7-10,12,18-19,21H,3,5-6,11,13-15H2,(H,26,28)/b9-8+. The molecule has 1 saturated carbocycles. The zero-order valence-corrected chi connectivity index (χ0v) is 18.1.